The van der Waals surface area contributed by atoms with E-state index in [1.807, 2.05) is 0 Å². The van der Waals surface area contributed by atoms with Crippen LogP contribution in [0.2, 0.25) is 0 Å². The summed E-state index contributed by atoms with van der Waals surface area (Å²) in [5.41, 5.74) is 0.00469. The average Bonchev–Trinajstić information content (AvgIpc) is 2.73. The number of amides is 3. The molecule has 0 aromatic heterocycles. The van der Waals surface area contributed by atoms with Gasteiger partial charge in [0.2, 0.25) is 0 Å². The fourth-order valence-electron chi connectivity index (χ4n) is 3.00. The van der Waals surface area contributed by atoms with E-state index in [1.165, 1.54) is 24.1 Å². The van der Waals surface area contributed by atoms with Gasteiger partial charge in [-0.25, -0.2) is 4.79 Å². The molecule has 0 aliphatic carbocycles. The number of nitrogens with zero attached hydrogens (tertiary/aromatic N) is 2. The van der Waals surface area contributed by atoms with Crippen LogP contribution in [-0.2, 0) is 6.18 Å². The van der Waals surface area contributed by atoms with Crippen molar-refractivity contribution in [2.24, 2.45) is 0 Å². The molecule has 0 bridgehead atoms. The van der Waals surface area contributed by atoms with Crippen LogP contribution in [-0.4, -0.2) is 55.0 Å². The quantitative estimate of drug-likeness (QED) is 0.844. The summed E-state index contributed by atoms with van der Waals surface area (Å²) in [4.78, 5) is 28.1. The number of carbonyl (C=O) groups excluding carboxylic acids is 2. The number of carbonyl (C=O) groups is 2. The number of hydrogen-bond donors (Lipinski definition) is 1. The second-order valence-corrected chi connectivity index (χ2v) is 6.52. The molecular formula is C20H20F3N3O3. The Bertz CT molecular complexity index is 877. The van der Waals surface area contributed by atoms with Gasteiger partial charge in [-0.2, -0.15) is 13.2 Å². The number of methoxy groups -OCH3 is 1. The number of ether oxygens (including phenoxy) is 1. The van der Waals surface area contributed by atoms with Gasteiger partial charge in [-0.3, -0.25) is 4.79 Å². The van der Waals surface area contributed by atoms with Crippen LogP contribution < -0.4 is 10.1 Å². The molecule has 1 heterocycles. The molecule has 9 heteroatoms. The topological polar surface area (TPSA) is 61.9 Å². The molecule has 0 saturated carbocycles. The number of anilines is 1. The molecule has 0 unspecified atom stereocenters. The maximum atomic E-state index is 12.6. The summed E-state index contributed by atoms with van der Waals surface area (Å²) in [6, 6.07) is 10.7. The lowest BCUT2D eigenvalue weighted by Gasteiger charge is -2.34. The first-order valence-corrected chi connectivity index (χ1v) is 8.94. The minimum Gasteiger partial charge on any atom is -0.497 e. The first-order chi connectivity index (χ1) is 13.8. The van der Waals surface area contributed by atoms with Gasteiger partial charge in [0.15, 0.2) is 0 Å². The summed E-state index contributed by atoms with van der Waals surface area (Å²) in [7, 11) is 1.53. The highest BCUT2D eigenvalue weighted by Gasteiger charge is 2.30. The molecule has 6 nitrogen and oxygen atoms in total. The lowest BCUT2D eigenvalue weighted by molar-refractivity contribution is -0.137. The molecule has 1 N–H and O–H groups in total. The number of alkyl halides is 3. The van der Waals surface area contributed by atoms with E-state index < -0.39 is 17.8 Å². The summed E-state index contributed by atoms with van der Waals surface area (Å²) in [6.45, 7) is 1.36. The van der Waals surface area contributed by atoms with E-state index >= 15 is 0 Å². The number of urea groups is 1. The number of halogens is 3. The molecule has 1 aliphatic heterocycles. The second-order valence-electron chi connectivity index (χ2n) is 6.52. The van der Waals surface area contributed by atoms with Crippen molar-refractivity contribution in [3.05, 3.63) is 59.7 Å². The summed E-state index contributed by atoms with van der Waals surface area (Å²) < 4.78 is 42.9. The Morgan fingerprint density at radius 2 is 1.59 bits per heavy atom. The third kappa shape index (κ3) is 4.98. The zero-order chi connectivity index (χ0) is 21.0. The van der Waals surface area contributed by atoms with E-state index in [-0.39, 0.29) is 11.6 Å². The highest BCUT2D eigenvalue weighted by molar-refractivity contribution is 5.95. The predicted molar refractivity (Wildman–Crippen MR) is 101 cm³/mol. The molecule has 3 rings (SSSR count). The Labute approximate surface area is 165 Å². The van der Waals surface area contributed by atoms with Crippen LogP contribution in [0.5, 0.6) is 5.75 Å². The van der Waals surface area contributed by atoms with Gasteiger partial charge >= 0.3 is 12.2 Å². The minimum atomic E-state index is -4.42. The van der Waals surface area contributed by atoms with E-state index in [1.54, 1.807) is 29.2 Å². The van der Waals surface area contributed by atoms with Crippen LogP contribution in [0.15, 0.2) is 48.5 Å². The van der Waals surface area contributed by atoms with Crippen molar-refractivity contribution >= 4 is 17.6 Å². The standard InChI is InChI=1S/C20H20F3N3O3/c1-29-17-4-2-3-14(13-17)18(27)25-9-11-26(12-10-25)19(28)24-16-7-5-15(6-8-16)20(21,22)23/h2-8,13H,9-12H2,1H3,(H,24,28). The normalized spacial score (nSPS) is 14.5. The van der Waals surface area contributed by atoms with Crippen molar-refractivity contribution in [1.82, 2.24) is 9.80 Å². The number of nitrogens with one attached hydrogen (secondary N) is 1. The van der Waals surface area contributed by atoms with Crippen molar-refractivity contribution in [3.63, 3.8) is 0 Å². The third-order valence-electron chi connectivity index (χ3n) is 4.63. The summed E-state index contributed by atoms with van der Waals surface area (Å²) in [5.74, 6) is 0.442. The van der Waals surface area contributed by atoms with Gasteiger partial charge in [0.1, 0.15) is 5.75 Å². The van der Waals surface area contributed by atoms with Gasteiger partial charge in [-0.1, -0.05) is 6.07 Å². The van der Waals surface area contributed by atoms with E-state index in [9.17, 15) is 22.8 Å². The maximum absolute atomic E-state index is 12.6. The molecule has 1 saturated heterocycles. The van der Waals surface area contributed by atoms with E-state index in [0.29, 0.717) is 37.5 Å². The molecule has 2 aromatic carbocycles. The first kappa shape index (κ1) is 20.5. The Balaban J connectivity index is 1.54. The van der Waals surface area contributed by atoms with Gasteiger partial charge < -0.3 is 19.9 Å². The van der Waals surface area contributed by atoms with Gasteiger partial charge in [0.25, 0.3) is 5.91 Å². The highest BCUT2D eigenvalue weighted by atomic mass is 19.4. The SMILES string of the molecule is COc1cccc(C(=O)N2CCN(C(=O)Nc3ccc(C(F)(F)F)cc3)CC2)c1. The van der Waals surface area contributed by atoms with Crippen LogP contribution in [0.25, 0.3) is 0 Å². The van der Waals surface area contributed by atoms with E-state index in [0.717, 1.165) is 12.1 Å². The molecule has 3 amide bonds. The molecule has 1 fully saturated rings. The van der Waals surface area contributed by atoms with Crippen molar-refractivity contribution in [2.45, 2.75) is 6.18 Å². The predicted octanol–water partition coefficient (Wildman–Crippen LogP) is 3.70. The zero-order valence-electron chi connectivity index (χ0n) is 15.7. The molecule has 0 radical (unpaired) electrons. The smallest absolute Gasteiger partial charge is 0.416 e. The van der Waals surface area contributed by atoms with Crippen molar-refractivity contribution < 1.29 is 27.5 Å². The average molecular weight is 407 g/mol. The fraction of sp³-hybridized carbons (Fsp3) is 0.300. The van der Waals surface area contributed by atoms with E-state index in [2.05, 4.69) is 5.32 Å². The minimum absolute atomic E-state index is 0.147. The largest absolute Gasteiger partial charge is 0.497 e. The van der Waals surface area contributed by atoms with Crippen LogP contribution in [0.1, 0.15) is 15.9 Å². The Morgan fingerprint density at radius 3 is 2.17 bits per heavy atom. The molecule has 29 heavy (non-hydrogen) atoms. The highest BCUT2D eigenvalue weighted by Crippen LogP contribution is 2.29. The van der Waals surface area contributed by atoms with Gasteiger partial charge in [-0.15, -0.1) is 0 Å². The Hall–Kier alpha value is -3.23. The van der Waals surface area contributed by atoms with Crippen LogP contribution >= 0.6 is 0 Å². The van der Waals surface area contributed by atoms with Crippen molar-refractivity contribution in [2.75, 3.05) is 38.6 Å². The van der Waals surface area contributed by atoms with Crippen LogP contribution in [0.4, 0.5) is 23.7 Å². The number of benzene rings is 2. The number of hydrogen-bond acceptors (Lipinski definition) is 3. The van der Waals surface area contributed by atoms with Gasteiger partial charge in [0, 0.05) is 37.4 Å². The zero-order valence-corrected chi connectivity index (χ0v) is 15.7. The molecule has 0 spiro atoms. The lowest BCUT2D eigenvalue weighted by atomic mass is 10.1. The molecular weight excluding hydrogens is 387 g/mol. The van der Waals surface area contributed by atoms with Crippen molar-refractivity contribution in [3.8, 4) is 5.75 Å². The molecule has 154 valence electrons. The van der Waals surface area contributed by atoms with Gasteiger partial charge in [0.05, 0.1) is 12.7 Å². The summed E-state index contributed by atoms with van der Waals surface area (Å²) in [6.07, 6.45) is -4.42. The number of rotatable bonds is 3. The Morgan fingerprint density at radius 1 is 0.966 bits per heavy atom. The molecule has 1 aliphatic rings. The summed E-state index contributed by atoms with van der Waals surface area (Å²) >= 11 is 0. The maximum Gasteiger partial charge on any atom is 0.416 e. The molecule has 0 atom stereocenters. The third-order valence-corrected chi connectivity index (χ3v) is 4.63. The Kier molecular flexibility index (Phi) is 5.95. The first-order valence-electron chi connectivity index (χ1n) is 8.94. The number of piperazine rings is 1. The van der Waals surface area contributed by atoms with E-state index in [4.69, 9.17) is 4.74 Å². The molecule has 2 aromatic rings. The van der Waals surface area contributed by atoms with Gasteiger partial charge in [-0.05, 0) is 42.5 Å². The fourth-order valence-corrected chi connectivity index (χ4v) is 3.00. The van der Waals surface area contributed by atoms with Crippen LogP contribution in [0, 0.1) is 0 Å². The van der Waals surface area contributed by atoms with Crippen molar-refractivity contribution in [1.29, 1.82) is 0 Å². The monoisotopic (exact) mass is 407 g/mol. The lowest BCUT2D eigenvalue weighted by Crippen LogP contribution is -2.51. The summed E-state index contributed by atoms with van der Waals surface area (Å²) in [5, 5.41) is 2.58. The second kappa shape index (κ2) is 8.42. The van der Waals surface area contributed by atoms with Crippen LogP contribution in [0.3, 0.4) is 0 Å².